The maximum Gasteiger partial charge on any atom is 0.324 e. The molecule has 2 amide bonds. The molecule has 25 heavy (non-hydrogen) atoms. The van der Waals surface area contributed by atoms with Gasteiger partial charge in [-0.05, 0) is 12.8 Å². The molecule has 0 bridgehead atoms. The summed E-state index contributed by atoms with van der Waals surface area (Å²) in [6.07, 6.45) is 5.92. The number of aromatic nitrogens is 1. The summed E-state index contributed by atoms with van der Waals surface area (Å²) in [6.45, 7) is -0.232. The number of carbonyl (C=O) groups is 3. The molecule has 1 saturated heterocycles. The number of halogens is 1. The summed E-state index contributed by atoms with van der Waals surface area (Å²) in [6, 6.07) is -1.87. The van der Waals surface area contributed by atoms with E-state index >= 15 is 0 Å². The van der Waals surface area contributed by atoms with Crippen LogP contribution in [0.1, 0.15) is 32.1 Å². The predicted octanol–water partition coefficient (Wildman–Crippen LogP) is 2.76. The Balaban J connectivity index is 1.87. The second-order valence-electron chi connectivity index (χ2n) is 6.03. The van der Waals surface area contributed by atoms with Gasteiger partial charge in [-0.25, -0.2) is 9.78 Å². The highest BCUT2D eigenvalue weighted by Crippen LogP contribution is 2.29. The molecule has 1 aliphatic carbocycles. The Morgan fingerprint density at radius 1 is 1.36 bits per heavy atom. The van der Waals surface area contributed by atoms with Gasteiger partial charge in [0, 0.05) is 6.04 Å². The van der Waals surface area contributed by atoms with Gasteiger partial charge in [0.2, 0.25) is 5.78 Å². The van der Waals surface area contributed by atoms with Gasteiger partial charge in [-0.1, -0.05) is 42.2 Å². The molecule has 1 N–H and O–H groups in total. The number of carbonyl (C=O) groups excluding carboxylic acids is 3. The van der Waals surface area contributed by atoms with Crippen molar-refractivity contribution in [3.05, 3.63) is 10.5 Å². The fourth-order valence-electron chi connectivity index (χ4n) is 3.23. The maximum absolute atomic E-state index is 12.9. The molecule has 2 atom stereocenters. The van der Waals surface area contributed by atoms with Gasteiger partial charge in [-0.2, -0.15) is 0 Å². The molecule has 136 valence electrons. The zero-order chi connectivity index (χ0) is 18.0. The summed E-state index contributed by atoms with van der Waals surface area (Å²) in [5.74, 6) is -0.925. The van der Waals surface area contributed by atoms with Crippen LogP contribution in [0.2, 0.25) is 4.34 Å². The number of Topliss-reactive ketones (excluding diaryl/α,β-unsaturated/α-hetero) is 2. The molecular formula is C15H18ClN3O4S2. The zero-order valence-electron chi connectivity index (χ0n) is 13.3. The number of anilines is 1. The normalized spacial score (nSPS) is 25.0. The number of nitrogens with zero attached hydrogens (tertiary/aromatic N) is 2. The number of hydrogen-bond acceptors (Lipinski definition) is 7. The lowest BCUT2D eigenvalue weighted by Crippen LogP contribution is -2.61. The van der Waals surface area contributed by atoms with Crippen LogP contribution in [0.3, 0.4) is 0 Å². The van der Waals surface area contributed by atoms with Crippen LogP contribution < -0.4 is 5.32 Å². The van der Waals surface area contributed by atoms with E-state index in [-0.39, 0.29) is 12.6 Å². The minimum absolute atomic E-state index is 0.180. The summed E-state index contributed by atoms with van der Waals surface area (Å²) in [7, 11) is 0. The minimum atomic E-state index is -1.17. The quantitative estimate of drug-likeness (QED) is 0.598. The van der Waals surface area contributed by atoms with E-state index in [1.165, 1.54) is 11.1 Å². The Kier molecular flexibility index (Phi) is 5.98. The van der Waals surface area contributed by atoms with Crippen LogP contribution in [0.5, 0.6) is 0 Å². The molecule has 2 aliphatic rings. The first-order valence-corrected chi connectivity index (χ1v) is 9.75. The number of thiol groups is 1. The highest BCUT2D eigenvalue weighted by molar-refractivity contribution is 7.81. The number of ketones is 2. The largest absolute Gasteiger partial charge is 0.352 e. The number of hydrogen-bond donors (Lipinski definition) is 2. The molecule has 1 saturated carbocycles. The number of rotatable bonds is 3. The van der Waals surface area contributed by atoms with Gasteiger partial charge in [0.1, 0.15) is 10.9 Å². The Bertz CT molecular complexity index is 677. The lowest BCUT2D eigenvalue weighted by atomic mass is 9.91. The van der Waals surface area contributed by atoms with Crippen molar-refractivity contribution in [2.45, 2.75) is 49.6 Å². The lowest BCUT2D eigenvalue weighted by molar-refractivity contribution is -0.148. The lowest BCUT2D eigenvalue weighted by Gasteiger charge is -2.40. The van der Waals surface area contributed by atoms with E-state index in [0.29, 0.717) is 9.47 Å². The number of amides is 2. The van der Waals surface area contributed by atoms with E-state index < -0.39 is 29.1 Å². The monoisotopic (exact) mass is 403 g/mol. The van der Waals surface area contributed by atoms with Crippen LogP contribution in [0.15, 0.2) is 6.20 Å². The topological polar surface area (TPSA) is 88.6 Å². The van der Waals surface area contributed by atoms with Crippen molar-refractivity contribution in [1.29, 1.82) is 0 Å². The average molecular weight is 404 g/mol. The predicted molar refractivity (Wildman–Crippen MR) is 97.4 cm³/mol. The summed E-state index contributed by atoms with van der Waals surface area (Å²) in [4.78, 5) is 43.1. The van der Waals surface area contributed by atoms with E-state index in [2.05, 4.69) is 22.9 Å². The molecule has 2 fully saturated rings. The van der Waals surface area contributed by atoms with Crippen LogP contribution in [-0.2, 0) is 14.3 Å². The third-order valence-corrected chi connectivity index (χ3v) is 5.81. The van der Waals surface area contributed by atoms with Crippen molar-refractivity contribution in [2.75, 3.05) is 11.9 Å². The highest BCUT2D eigenvalue weighted by Gasteiger charge is 2.45. The molecule has 1 aromatic rings. The molecular weight excluding hydrogens is 386 g/mol. The molecule has 2 unspecified atom stereocenters. The highest BCUT2D eigenvalue weighted by atomic mass is 35.5. The van der Waals surface area contributed by atoms with Crippen LogP contribution in [0.4, 0.5) is 9.93 Å². The van der Waals surface area contributed by atoms with E-state index in [0.717, 1.165) is 43.4 Å². The van der Waals surface area contributed by atoms with Crippen LogP contribution in [0, 0.1) is 0 Å². The minimum Gasteiger partial charge on any atom is -0.352 e. The smallest absolute Gasteiger partial charge is 0.324 e. The third kappa shape index (κ3) is 4.16. The van der Waals surface area contributed by atoms with Gasteiger partial charge in [0.05, 0.1) is 6.20 Å². The second-order valence-corrected chi connectivity index (χ2v) is 8.16. The van der Waals surface area contributed by atoms with Crippen molar-refractivity contribution >= 4 is 58.3 Å². The van der Waals surface area contributed by atoms with Gasteiger partial charge >= 0.3 is 6.03 Å². The van der Waals surface area contributed by atoms with Crippen LogP contribution >= 0.6 is 35.6 Å². The number of thiazole rings is 1. The first-order chi connectivity index (χ1) is 12.0. The molecule has 0 radical (unpaired) electrons. The Morgan fingerprint density at radius 2 is 2.08 bits per heavy atom. The van der Waals surface area contributed by atoms with Gasteiger partial charge in [-0.3, -0.25) is 14.9 Å². The van der Waals surface area contributed by atoms with E-state index in [9.17, 15) is 14.4 Å². The first-order valence-electron chi connectivity index (χ1n) is 8.04. The molecule has 1 aromatic heterocycles. The van der Waals surface area contributed by atoms with Crippen LogP contribution in [0.25, 0.3) is 0 Å². The van der Waals surface area contributed by atoms with Gasteiger partial charge in [-0.15, -0.1) is 12.6 Å². The van der Waals surface area contributed by atoms with Gasteiger partial charge in [0.15, 0.2) is 22.4 Å². The summed E-state index contributed by atoms with van der Waals surface area (Å²) >= 11 is 11.0. The van der Waals surface area contributed by atoms with Crippen molar-refractivity contribution in [3.63, 3.8) is 0 Å². The third-order valence-electron chi connectivity index (χ3n) is 4.37. The van der Waals surface area contributed by atoms with Gasteiger partial charge in [0.25, 0.3) is 0 Å². The first kappa shape index (κ1) is 18.6. The van der Waals surface area contributed by atoms with Gasteiger partial charge < -0.3 is 9.64 Å². The zero-order valence-corrected chi connectivity index (χ0v) is 15.8. The molecule has 3 rings (SSSR count). The molecule has 0 aromatic carbocycles. The maximum atomic E-state index is 12.9. The summed E-state index contributed by atoms with van der Waals surface area (Å²) in [5, 5.41) is 2.98. The van der Waals surface area contributed by atoms with E-state index in [4.69, 9.17) is 16.3 Å². The van der Waals surface area contributed by atoms with Crippen molar-refractivity contribution < 1.29 is 19.1 Å². The molecule has 7 nitrogen and oxygen atoms in total. The fourth-order valence-corrected chi connectivity index (χ4v) is 4.25. The van der Waals surface area contributed by atoms with Crippen LogP contribution in [-0.4, -0.2) is 51.6 Å². The number of nitrogens with one attached hydrogen (secondary N) is 1. The van der Waals surface area contributed by atoms with Crippen molar-refractivity contribution in [3.8, 4) is 0 Å². The molecule has 1 aliphatic heterocycles. The Labute approximate surface area is 159 Å². The average Bonchev–Trinajstić information content (AvgIpc) is 3.00. The molecule has 2 heterocycles. The Morgan fingerprint density at radius 3 is 2.72 bits per heavy atom. The summed E-state index contributed by atoms with van der Waals surface area (Å²) < 4.78 is 5.49. The van der Waals surface area contributed by atoms with Crippen molar-refractivity contribution in [2.24, 2.45) is 0 Å². The standard InChI is InChI=1S/C15H18ClN3O4S2/c16-10-6-17-14(25-10)18-15(22)19(8-4-2-1-3-5-8)11-9(20)7-23-13(24)12(11)21/h6,8,11,13,24H,1-5,7H2,(H,17,18,22). The second kappa shape index (κ2) is 8.03. The Hall–Kier alpha value is -1.16. The SMILES string of the molecule is O=C1COC(S)C(=O)C1N(C(=O)Nc1ncc(Cl)s1)C1CCCCC1. The summed E-state index contributed by atoms with van der Waals surface area (Å²) in [5.41, 5.74) is -1.00. The molecule has 10 heteroatoms. The van der Waals surface area contributed by atoms with Crippen molar-refractivity contribution in [1.82, 2.24) is 9.88 Å². The number of ether oxygens (including phenoxy) is 1. The molecule has 0 spiro atoms. The van der Waals surface area contributed by atoms with E-state index in [1.807, 2.05) is 0 Å². The fraction of sp³-hybridized carbons (Fsp3) is 0.600. The number of urea groups is 1. The van der Waals surface area contributed by atoms with E-state index in [1.54, 1.807) is 0 Å².